The Morgan fingerprint density at radius 2 is 1.29 bits per heavy atom. The van der Waals surface area contributed by atoms with Gasteiger partial charge in [-0.2, -0.15) is 0 Å². The Hall–Kier alpha value is -0.0800. The first kappa shape index (κ1) is 17.3. The summed E-state index contributed by atoms with van der Waals surface area (Å²) < 4.78 is 0. The number of hydrogen-bond donors (Lipinski definition) is 1. The molecule has 0 aromatic carbocycles. The molecule has 3 atom stereocenters. The van der Waals surface area contributed by atoms with E-state index in [0.717, 1.165) is 12.1 Å². The average molecular weight is 295 g/mol. The van der Waals surface area contributed by atoms with E-state index in [1.165, 1.54) is 90.0 Å². The second kappa shape index (κ2) is 9.84. The summed E-state index contributed by atoms with van der Waals surface area (Å²) in [4.78, 5) is 2.86. The molecule has 0 aromatic heterocycles. The third kappa shape index (κ3) is 5.56. The van der Waals surface area contributed by atoms with Gasteiger partial charge >= 0.3 is 0 Å². The molecule has 124 valence electrons. The van der Waals surface area contributed by atoms with E-state index in [1.54, 1.807) is 0 Å². The third-order valence-corrected chi connectivity index (χ3v) is 5.88. The Kier molecular flexibility index (Phi) is 8.10. The molecule has 0 aromatic rings. The molecular formula is C19H38N2. The summed E-state index contributed by atoms with van der Waals surface area (Å²) in [5, 5.41) is 3.68. The molecule has 2 fully saturated rings. The molecule has 21 heavy (non-hydrogen) atoms. The first-order valence-corrected chi connectivity index (χ1v) is 9.76. The van der Waals surface area contributed by atoms with Gasteiger partial charge in [-0.15, -0.1) is 0 Å². The normalized spacial score (nSPS) is 34.9. The van der Waals surface area contributed by atoms with Gasteiger partial charge in [-0.1, -0.05) is 57.8 Å². The number of nitrogens with zero attached hydrogens (tertiary/aromatic N) is 1. The van der Waals surface area contributed by atoms with E-state index < -0.39 is 0 Å². The van der Waals surface area contributed by atoms with Gasteiger partial charge in [-0.3, -0.25) is 4.90 Å². The van der Waals surface area contributed by atoms with Crippen molar-refractivity contribution in [1.29, 1.82) is 0 Å². The summed E-state index contributed by atoms with van der Waals surface area (Å²) in [7, 11) is 2.19. The molecule has 2 rings (SSSR count). The van der Waals surface area contributed by atoms with Gasteiger partial charge in [0.25, 0.3) is 0 Å². The number of nitrogens with one attached hydrogen (secondary N) is 1. The van der Waals surface area contributed by atoms with Gasteiger partial charge in [-0.05, 0) is 46.2 Å². The van der Waals surface area contributed by atoms with Crippen molar-refractivity contribution in [1.82, 2.24) is 10.2 Å². The minimum Gasteiger partial charge on any atom is -0.315 e. The highest BCUT2D eigenvalue weighted by Crippen LogP contribution is 2.26. The van der Waals surface area contributed by atoms with E-state index in [0.29, 0.717) is 6.04 Å². The Bertz CT molecular complexity index is 266. The highest BCUT2D eigenvalue weighted by atomic mass is 15.2. The standard InChI is InChI=1S/C19H38N2/c1-17-13-11-12-16-21(17)19-15-10-8-6-4-3-5-7-9-14-18(19)20-2/h17-20H,3-16H2,1-2H3. The molecule has 3 unspecified atom stereocenters. The molecule has 0 amide bonds. The lowest BCUT2D eigenvalue weighted by molar-refractivity contribution is 0.0723. The van der Waals surface area contributed by atoms with E-state index in [9.17, 15) is 0 Å². The van der Waals surface area contributed by atoms with Crippen molar-refractivity contribution in [2.45, 2.75) is 109 Å². The van der Waals surface area contributed by atoms with Crippen LogP contribution in [0.5, 0.6) is 0 Å². The van der Waals surface area contributed by atoms with Crippen molar-refractivity contribution in [2.75, 3.05) is 13.6 Å². The van der Waals surface area contributed by atoms with Crippen molar-refractivity contribution in [3.05, 3.63) is 0 Å². The number of likely N-dealkylation sites (N-methyl/N-ethyl adjacent to an activating group) is 1. The van der Waals surface area contributed by atoms with Crippen LogP contribution in [-0.2, 0) is 0 Å². The minimum atomic E-state index is 0.713. The fourth-order valence-corrected chi connectivity index (χ4v) is 4.52. The number of piperidine rings is 1. The smallest absolute Gasteiger partial charge is 0.0252 e. The van der Waals surface area contributed by atoms with E-state index in [2.05, 4.69) is 24.2 Å². The summed E-state index contributed by atoms with van der Waals surface area (Å²) in [6.45, 7) is 3.80. The number of hydrogen-bond acceptors (Lipinski definition) is 2. The van der Waals surface area contributed by atoms with Crippen LogP contribution in [0.4, 0.5) is 0 Å². The molecule has 1 N–H and O–H groups in total. The summed E-state index contributed by atoms with van der Waals surface area (Å²) in [5.41, 5.74) is 0. The van der Waals surface area contributed by atoms with E-state index in [1.807, 2.05) is 0 Å². The van der Waals surface area contributed by atoms with Crippen LogP contribution in [-0.4, -0.2) is 36.6 Å². The molecule has 0 radical (unpaired) electrons. The van der Waals surface area contributed by atoms with Crippen molar-refractivity contribution in [3.63, 3.8) is 0 Å². The lowest BCUT2D eigenvalue weighted by atomic mass is 9.90. The lowest BCUT2D eigenvalue weighted by Crippen LogP contribution is -2.53. The first-order chi connectivity index (χ1) is 10.3. The first-order valence-electron chi connectivity index (χ1n) is 9.76. The van der Waals surface area contributed by atoms with Crippen molar-refractivity contribution < 1.29 is 0 Å². The SMILES string of the molecule is CNC1CCCCCCCCCCC1N1CCCCC1C. The van der Waals surface area contributed by atoms with Crippen LogP contribution in [0.3, 0.4) is 0 Å². The lowest BCUT2D eigenvalue weighted by Gasteiger charge is -2.43. The van der Waals surface area contributed by atoms with Crippen molar-refractivity contribution >= 4 is 0 Å². The molecule has 2 heteroatoms. The second-order valence-corrected chi connectivity index (χ2v) is 7.45. The maximum Gasteiger partial charge on any atom is 0.0252 e. The monoisotopic (exact) mass is 294 g/mol. The molecule has 2 aliphatic rings. The van der Waals surface area contributed by atoms with Crippen LogP contribution in [0.1, 0.15) is 90.4 Å². The fraction of sp³-hybridized carbons (Fsp3) is 1.00. The van der Waals surface area contributed by atoms with Gasteiger partial charge in [-0.25, -0.2) is 0 Å². The van der Waals surface area contributed by atoms with Gasteiger partial charge < -0.3 is 5.32 Å². The summed E-state index contributed by atoms with van der Waals surface area (Å²) in [5.74, 6) is 0. The van der Waals surface area contributed by atoms with E-state index in [-0.39, 0.29) is 0 Å². The second-order valence-electron chi connectivity index (χ2n) is 7.45. The number of likely N-dealkylation sites (tertiary alicyclic amines) is 1. The summed E-state index contributed by atoms with van der Waals surface area (Å²) in [6, 6.07) is 2.29. The van der Waals surface area contributed by atoms with Gasteiger partial charge in [0.05, 0.1) is 0 Å². The molecule has 1 aliphatic carbocycles. The zero-order chi connectivity index (χ0) is 14.9. The summed E-state index contributed by atoms with van der Waals surface area (Å²) >= 11 is 0. The zero-order valence-electron chi connectivity index (χ0n) is 14.6. The third-order valence-electron chi connectivity index (χ3n) is 5.88. The largest absolute Gasteiger partial charge is 0.315 e. The fourth-order valence-electron chi connectivity index (χ4n) is 4.52. The van der Waals surface area contributed by atoms with Gasteiger partial charge in [0.15, 0.2) is 0 Å². The van der Waals surface area contributed by atoms with E-state index >= 15 is 0 Å². The van der Waals surface area contributed by atoms with Crippen LogP contribution in [0.15, 0.2) is 0 Å². The molecule has 0 spiro atoms. The van der Waals surface area contributed by atoms with Crippen molar-refractivity contribution in [3.8, 4) is 0 Å². The van der Waals surface area contributed by atoms with Gasteiger partial charge in [0, 0.05) is 18.1 Å². The zero-order valence-corrected chi connectivity index (χ0v) is 14.6. The van der Waals surface area contributed by atoms with Crippen LogP contribution in [0.25, 0.3) is 0 Å². The minimum absolute atomic E-state index is 0.713. The van der Waals surface area contributed by atoms with E-state index in [4.69, 9.17) is 0 Å². The Balaban J connectivity index is 1.98. The van der Waals surface area contributed by atoms with Gasteiger partial charge in [0.2, 0.25) is 0 Å². The molecular weight excluding hydrogens is 256 g/mol. The molecule has 0 bridgehead atoms. The Morgan fingerprint density at radius 1 is 0.714 bits per heavy atom. The molecule has 1 saturated carbocycles. The van der Waals surface area contributed by atoms with Gasteiger partial charge in [0.1, 0.15) is 0 Å². The highest BCUT2D eigenvalue weighted by molar-refractivity contribution is 4.88. The van der Waals surface area contributed by atoms with Crippen LogP contribution >= 0.6 is 0 Å². The number of rotatable bonds is 2. The van der Waals surface area contributed by atoms with Crippen LogP contribution in [0.2, 0.25) is 0 Å². The molecule has 1 aliphatic heterocycles. The van der Waals surface area contributed by atoms with Crippen LogP contribution < -0.4 is 5.32 Å². The quantitative estimate of drug-likeness (QED) is 0.792. The molecule has 1 heterocycles. The Morgan fingerprint density at radius 3 is 1.90 bits per heavy atom. The predicted molar refractivity (Wildman–Crippen MR) is 92.8 cm³/mol. The van der Waals surface area contributed by atoms with Crippen LogP contribution in [0, 0.1) is 0 Å². The predicted octanol–water partition coefficient (Wildman–Crippen LogP) is 4.73. The topological polar surface area (TPSA) is 15.3 Å². The average Bonchev–Trinajstić information content (AvgIpc) is 2.49. The molecule has 1 saturated heterocycles. The van der Waals surface area contributed by atoms with Crippen molar-refractivity contribution in [2.24, 2.45) is 0 Å². The molecule has 2 nitrogen and oxygen atoms in total. The maximum atomic E-state index is 3.68. The summed E-state index contributed by atoms with van der Waals surface area (Å²) in [6.07, 6.45) is 18.7. The highest BCUT2D eigenvalue weighted by Gasteiger charge is 2.30. The Labute approximate surface area is 133 Å². The maximum absolute atomic E-state index is 3.68.